The van der Waals surface area contributed by atoms with Gasteiger partial charge in [-0.2, -0.15) is 9.78 Å². The molecule has 2 aliphatic heterocycles. The SMILES string of the molecule is COc1ccc(C2=Nn3c(nnc3C3CCCN3C(=O)OC(C)(C)C)SC2)cc1. The van der Waals surface area contributed by atoms with Gasteiger partial charge in [-0.05, 0) is 63.4 Å². The first-order chi connectivity index (χ1) is 13.9. The molecule has 0 spiro atoms. The molecule has 0 aliphatic carbocycles. The van der Waals surface area contributed by atoms with Crippen LogP contribution in [0.3, 0.4) is 0 Å². The number of carbonyl (C=O) groups excluding carboxylic acids is 1. The molecule has 1 aromatic heterocycles. The van der Waals surface area contributed by atoms with Gasteiger partial charge in [0.1, 0.15) is 11.4 Å². The molecule has 0 N–H and O–H groups in total. The average Bonchev–Trinajstić information content (AvgIpc) is 3.32. The van der Waals surface area contributed by atoms with Crippen molar-refractivity contribution in [2.24, 2.45) is 5.10 Å². The van der Waals surface area contributed by atoms with Gasteiger partial charge in [0, 0.05) is 12.3 Å². The maximum Gasteiger partial charge on any atom is 0.410 e. The van der Waals surface area contributed by atoms with E-state index in [2.05, 4.69) is 10.2 Å². The summed E-state index contributed by atoms with van der Waals surface area (Å²) in [7, 11) is 1.65. The molecule has 0 bridgehead atoms. The lowest BCUT2D eigenvalue weighted by atomic mass is 10.1. The van der Waals surface area contributed by atoms with E-state index in [4.69, 9.17) is 14.6 Å². The number of hydrogen-bond acceptors (Lipinski definition) is 7. The van der Waals surface area contributed by atoms with Gasteiger partial charge in [0.05, 0.1) is 18.9 Å². The Morgan fingerprint density at radius 2 is 1.97 bits per heavy atom. The van der Waals surface area contributed by atoms with Crippen molar-refractivity contribution in [3.05, 3.63) is 35.7 Å². The third-order valence-electron chi connectivity index (χ3n) is 4.80. The highest BCUT2D eigenvalue weighted by Crippen LogP contribution is 2.35. The lowest BCUT2D eigenvalue weighted by Gasteiger charge is -2.28. The minimum Gasteiger partial charge on any atom is -0.497 e. The van der Waals surface area contributed by atoms with Crippen LogP contribution >= 0.6 is 11.8 Å². The molecule has 3 heterocycles. The predicted molar refractivity (Wildman–Crippen MR) is 111 cm³/mol. The van der Waals surface area contributed by atoms with Gasteiger partial charge in [-0.1, -0.05) is 11.8 Å². The molecular weight excluding hydrogens is 390 g/mol. The van der Waals surface area contributed by atoms with Gasteiger partial charge in [-0.25, -0.2) is 4.79 Å². The lowest BCUT2D eigenvalue weighted by Crippen LogP contribution is -2.37. The monoisotopic (exact) mass is 415 g/mol. The number of ether oxygens (including phenoxy) is 2. The summed E-state index contributed by atoms with van der Waals surface area (Å²) in [6.07, 6.45) is 1.39. The van der Waals surface area contributed by atoms with Crippen molar-refractivity contribution >= 4 is 23.6 Å². The normalized spacial score (nSPS) is 19.0. The number of amides is 1. The van der Waals surface area contributed by atoms with Gasteiger partial charge in [0.25, 0.3) is 0 Å². The summed E-state index contributed by atoms with van der Waals surface area (Å²) in [6, 6.07) is 7.65. The highest BCUT2D eigenvalue weighted by atomic mass is 32.2. The van der Waals surface area contributed by atoms with E-state index in [0.29, 0.717) is 18.1 Å². The predicted octanol–water partition coefficient (Wildman–Crippen LogP) is 3.72. The molecule has 2 aromatic rings. The van der Waals surface area contributed by atoms with E-state index in [1.165, 1.54) is 0 Å². The van der Waals surface area contributed by atoms with Crippen LogP contribution in [0.25, 0.3) is 0 Å². The molecule has 9 heteroatoms. The molecule has 29 heavy (non-hydrogen) atoms. The second-order valence-electron chi connectivity index (χ2n) is 8.05. The van der Waals surface area contributed by atoms with Crippen molar-refractivity contribution in [3.8, 4) is 5.75 Å². The Morgan fingerprint density at radius 1 is 1.21 bits per heavy atom. The summed E-state index contributed by atoms with van der Waals surface area (Å²) in [4.78, 5) is 14.4. The smallest absolute Gasteiger partial charge is 0.410 e. The Kier molecular flexibility index (Phi) is 5.24. The van der Waals surface area contributed by atoms with E-state index in [1.807, 2.05) is 45.0 Å². The van der Waals surface area contributed by atoms with Crippen molar-refractivity contribution in [1.82, 2.24) is 19.8 Å². The topological polar surface area (TPSA) is 81.8 Å². The fourth-order valence-electron chi connectivity index (χ4n) is 3.45. The Bertz CT molecular complexity index is 933. The van der Waals surface area contributed by atoms with Crippen molar-refractivity contribution < 1.29 is 14.3 Å². The summed E-state index contributed by atoms with van der Waals surface area (Å²) in [6.45, 7) is 6.26. The number of aromatic nitrogens is 3. The van der Waals surface area contributed by atoms with Gasteiger partial charge in [-0.3, -0.25) is 4.90 Å². The minimum atomic E-state index is -0.538. The van der Waals surface area contributed by atoms with E-state index in [0.717, 1.165) is 35.0 Å². The standard InChI is InChI=1S/C20H25N5O3S/c1-20(2,3)28-19(26)24-11-5-6-16(24)17-21-22-18-25(17)23-15(12-29-18)13-7-9-14(27-4)10-8-13/h7-10,16H,5-6,11-12H2,1-4H3. The fourth-order valence-corrected chi connectivity index (χ4v) is 4.30. The second kappa shape index (κ2) is 7.70. The van der Waals surface area contributed by atoms with Crippen LogP contribution < -0.4 is 4.74 Å². The quantitative estimate of drug-likeness (QED) is 0.760. The Hall–Kier alpha value is -2.55. The molecule has 1 saturated heterocycles. The molecule has 8 nitrogen and oxygen atoms in total. The number of nitrogens with zero attached hydrogens (tertiary/aromatic N) is 5. The van der Waals surface area contributed by atoms with Crippen molar-refractivity contribution in [3.63, 3.8) is 0 Å². The number of rotatable bonds is 3. The lowest BCUT2D eigenvalue weighted by molar-refractivity contribution is 0.0215. The van der Waals surface area contributed by atoms with Gasteiger partial charge in [0.2, 0.25) is 5.16 Å². The number of thioether (sulfide) groups is 1. The minimum absolute atomic E-state index is 0.189. The fraction of sp³-hybridized carbons (Fsp3) is 0.500. The van der Waals surface area contributed by atoms with Crippen LogP contribution in [0.5, 0.6) is 5.75 Å². The zero-order chi connectivity index (χ0) is 20.6. The maximum atomic E-state index is 12.7. The van der Waals surface area contributed by atoms with Crippen LogP contribution in [0.2, 0.25) is 0 Å². The molecule has 1 atom stereocenters. The van der Waals surface area contributed by atoms with Crippen LogP contribution in [0.15, 0.2) is 34.5 Å². The molecule has 2 aliphatic rings. The average molecular weight is 416 g/mol. The first-order valence-electron chi connectivity index (χ1n) is 9.66. The van der Waals surface area contributed by atoms with E-state index in [-0.39, 0.29) is 12.1 Å². The number of methoxy groups -OCH3 is 1. The molecule has 154 valence electrons. The van der Waals surface area contributed by atoms with E-state index >= 15 is 0 Å². The largest absolute Gasteiger partial charge is 0.497 e. The molecule has 1 fully saturated rings. The van der Waals surface area contributed by atoms with Crippen molar-refractivity contribution in [1.29, 1.82) is 0 Å². The summed E-state index contributed by atoms with van der Waals surface area (Å²) in [5.41, 5.74) is 1.43. The Balaban J connectivity index is 1.62. The highest BCUT2D eigenvalue weighted by Gasteiger charge is 2.37. The molecule has 4 rings (SSSR count). The number of hydrogen-bond donors (Lipinski definition) is 0. The Morgan fingerprint density at radius 3 is 2.66 bits per heavy atom. The van der Waals surface area contributed by atoms with Crippen LogP contribution in [0.1, 0.15) is 51.0 Å². The van der Waals surface area contributed by atoms with Crippen LogP contribution in [0, 0.1) is 0 Å². The number of benzene rings is 1. The molecule has 1 aromatic carbocycles. The van der Waals surface area contributed by atoms with Crippen LogP contribution in [-0.2, 0) is 4.74 Å². The summed E-state index contributed by atoms with van der Waals surface area (Å²) >= 11 is 1.59. The Labute approximate surface area is 174 Å². The van der Waals surface area contributed by atoms with E-state index in [9.17, 15) is 4.79 Å². The molecular formula is C20H25N5O3S. The first kappa shape index (κ1) is 19.8. The van der Waals surface area contributed by atoms with Crippen molar-refractivity contribution in [2.75, 3.05) is 19.4 Å². The van der Waals surface area contributed by atoms with Crippen molar-refractivity contribution in [2.45, 2.75) is 50.4 Å². The third-order valence-corrected chi connectivity index (χ3v) is 5.73. The number of likely N-dealkylation sites (tertiary alicyclic amines) is 1. The van der Waals surface area contributed by atoms with E-state index in [1.54, 1.807) is 28.4 Å². The van der Waals surface area contributed by atoms with Gasteiger partial charge in [0.15, 0.2) is 5.82 Å². The second-order valence-corrected chi connectivity index (χ2v) is 8.99. The number of fused-ring (bicyclic) bond motifs is 1. The zero-order valence-corrected chi connectivity index (χ0v) is 17.9. The van der Waals surface area contributed by atoms with Crippen LogP contribution in [-0.4, -0.2) is 56.6 Å². The van der Waals surface area contributed by atoms with Crippen LogP contribution in [0.4, 0.5) is 4.79 Å². The van der Waals surface area contributed by atoms with Gasteiger partial charge in [-0.15, -0.1) is 10.2 Å². The molecule has 1 amide bonds. The highest BCUT2D eigenvalue weighted by molar-refractivity contribution is 7.99. The third kappa shape index (κ3) is 4.10. The van der Waals surface area contributed by atoms with Gasteiger partial charge < -0.3 is 9.47 Å². The van der Waals surface area contributed by atoms with E-state index < -0.39 is 5.60 Å². The molecule has 1 unspecified atom stereocenters. The van der Waals surface area contributed by atoms with Gasteiger partial charge >= 0.3 is 6.09 Å². The summed E-state index contributed by atoms with van der Waals surface area (Å²) in [5.74, 6) is 2.20. The first-order valence-corrected chi connectivity index (χ1v) is 10.6. The summed E-state index contributed by atoms with van der Waals surface area (Å²) < 4.78 is 12.6. The number of carbonyl (C=O) groups is 1. The zero-order valence-electron chi connectivity index (χ0n) is 17.1. The maximum absolute atomic E-state index is 12.7. The molecule has 0 radical (unpaired) electrons. The summed E-state index contributed by atoms with van der Waals surface area (Å²) in [5, 5.41) is 14.2. The molecule has 0 saturated carbocycles.